The Hall–Kier alpha value is -4.24. The van der Waals surface area contributed by atoms with E-state index in [1.807, 2.05) is 30.3 Å². The van der Waals surface area contributed by atoms with Crippen molar-refractivity contribution in [2.24, 2.45) is 0 Å². The first-order chi connectivity index (χ1) is 17.1. The van der Waals surface area contributed by atoms with Gasteiger partial charge in [0.2, 0.25) is 0 Å². The smallest absolute Gasteiger partial charge is 0.412 e. The average Bonchev–Trinajstić information content (AvgIpc) is 3.31. The summed E-state index contributed by atoms with van der Waals surface area (Å²) < 4.78 is 21.7. The zero-order chi connectivity index (χ0) is 25.9. The van der Waals surface area contributed by atoms with E-state index >= 15 is 0 Å². The number of amides is 2. The first kappa shape index (κ1) is 24.9. The number of aromatic nitrogens is 3. The third-order valence-electron chi connectivity index (χ3n) is 4.87. The van der Waals surface area contributed by atoms with Crippen molar-refractivity contribution in [1.82, 2.24) is 14.8 Å². The van der Waals surface area contributed by atoms with Crippen molar-refractivity contribution in [1.29, 1.82) is 0 Å². The Morgan fingerprint density at radius 3 is 2.44 bits per heavy atom. The van der Waals surface area contributed by atoms with Gasteiger partial charge >= 0.3 is 6.09 Å². The van der Waals surface area contributed by atoms with Crippen LogP contribution in [0.1, 0.15) is 31.1 Å². The maximum Gasteiger partial charge on any atom is 0.412 e. The van der Waals surface area contributed by atoms with Crippen molar-refractivity contribution < 1.29 is 18.7 Å². The van der Waals surface area contributed by atoms with Gasteiger partial charge in [0.05, 0.1) is 22.5 Å². The number of para-hydroxylation sites is 1. The topological polar surface area (TPSA) is 98.1 Å². The van der Waals surface area contributed by atoms with Gasteiger partial charge in [-0.3, -0.25) is 10.1 Å². The molecule has 2 aromatic heterocycles. The highest BCUT2D eigenvalue weighted by Gasteiger charge is 2.19. The van der Waals surface area contributed by atoms with E-state index in [0.717, 1.165) is 5.69 Å². The van der Waals surface area contributed by atoms with Crippen LogP contribution in [0, 0.1) is 5.82 Å². The van der Waals surface area contributed by atoms with E-state index in [9.17, 15) is 14.0 Å². The summed E-state index contributed by atoms with van der Waals surface area (Å²) in [6, 6.07) is 15.1. The highest BCUT2D eigenvalue weighted by Crippen LogP contribution is 2.25. The second-order valence-electron chi connectivity index (χ2n) is 8.84. The van der Waals surface area contributed by atoms with E-state index in [1.54, 1.807) is 37.8 Å². The highest BCUT2D eigenvalue weighted by molar-refractivity contribution is 6.34. The predicted octanol–water partition coefficient (Wildman–Crippen LogP) is 6.33. The Morgan fingerprint density at radius 2 is 1.75 bits per heavy atom. The van der Waals surface area contributed by atoms with Crippen LogP contribution in [0.4, 0.5) is 20.7 Å². The molecule has 8 nitrogen and oxygen atoms in total. The summed E-state index contributed by atoms with van der Waals surface area (Å²) in [5.74, 6) is -1.68. The molecular weight excluding hydrogens is 485 g/mol. The molecule has 4 rings (SSSR count). The van der Waals surface area contributed by atoms with Gasteiger partial charge in [-0.25, -0.2) is 18.9 Å². The van der Waals surface area contributed by atoms with Gasteiger partial charge < -0.3 is 10.1 Å². The van der Waals surface area contributed by atoms with Gasteiger partial charge in [0.15, 0.2) is 11.6 Å². The van der Waals surface area contributed by atoms with Gasteiger partial charge in [-0.1, -0.05) is 29.8 Å². The molecule has 0 fully saturated rings. The molecule has 2 amide bonds. The number of carbonyl (C=O) groups excluding carboxylic acids is 2. The lowest BCUT2D eigenvalue weighted by Gasteiger charge is -2.19. The number of anilines is 2. The number of nitrogens with one attached hydrogen (secondary N) is 2. The van der Waals surface area contributed by atoms with Crippen molar-refractivity contribution >= 4 is 35.1 Å². The highest BCUT2D eigenvalue weighted by atomic mass is 35.5. The molecule has 36 heavy (non-hydrogen) atoms. The van der Waals surface area contributed by atoms with Gasteiger partial charge in [-0.05, 0) is 57.2 Å². The number of carbonyl (C=O) groups is 2. The Labute approximate surface area is 212 Å². The lowest BCUT2D eigenvalue weighted by molar-refractivity contribution is 0.0635. The van der Waals surface area contributed by atoms with Crippen LogP contribution >= 0.6 is 11.6 Å². The molecule has 4 aromatic rings. The largest absolute Gasteiger partial charge is 0.444 e. The molecule has 0 spiro atoms. The van der Waals surface area contributed by atoms with Crippen molar-refractivity contribution in [2.45, 2.75) is 26.4 Å². The molecule has 0 bridgehead atoms. The SMILES string of the molecule is CC(C)(C)OC(=O)Nc1ccc(Cl)c(C(=O)Nc2ncc(-c3cnn(-c4ccccc4)c3)cc2F)c1. The monoisotopic (exact) mass is 507 g/mol. The van der Waals surface area contributed by atoms with E-state index in [2.05, 4.69) is 20.7 Å². The summed E-state index contributed by atoms with van der Waals surface area (Å²) in [5.41, 5.74) is 1.65. The van der Waals surface area contributed by atoms with Gasteiger partial charge in [0.25, 0.3) is 5.91 Å². The summed E-state index contributed by atoms with van der Waals surface area (Å²) in [5, 5.41) is 9.38. The predicted molar refractivity (Wildman–Crippen MR) is 136 cm³/mol. The van der Waals surface area contributed by atoms with E-state index in [4.69, 9.17) is 16.3 Å². The Kier molecular flexibility index (Phi) is 7.03. The minimum absolute atomic E-state index is 0.0274. The van der Waals surface area contributed by atoms with Gasteiger partial charge in [0, 0.05) is 29.2 Å². The second-order valence-corrected chi connectivity index (χ2v) is 9.25. The first-order valence-electron chi connectivity index (χ1n) is 11.0. The minimum Gasteiger partial charge on any atom is -0.444 e. The molecule has 2 N–H and O–H groups in total. The number of hydrogen-bond acceptors (Lipinski definition) is 5. The summed E-state index contributed by atoms with van der Waals surface area (Å²) in [6.07, 6.45) is 4.11. The van der Waals surface area contributed by atoms with Gasteiger partial charge in [0.1, 0.15) is 5.60 Å². The van der Waals surface area contributed by atoms with E-state index in [1.165, 1.54) is 30.5 Å². The van der Waals surface area contributed by atoms with Crippen molar-refractivity contribution in [3.05, 3.63) is 89.6 Å². The number of halogens is 2. The molecule has 0 saturated carbocycles. The van der Waals surface area contributed by atoms with E-state index in [0.29, 0.717) is 11.1 Å². The zero-order valence-corrected chi connectivity index (χ0v) is 20.5. The fourth-order valence-electron chi connectivity index (χ4n) is 3.25. The van der Waals surface area contributed by atoms with Crippen molar-refractivity contribution in [3.8, 4) is 16.8 Å². The Bertz CT molecular complexity index is 1420. The van der Waals surface area contributed by atoms with E-state index in [-0.39, 0.29) is 22.1 Å². The molecular formula is C26H23ClFN5O3. The molecule has 0 unspecified atom stereocenters. The van der Waals surface area contributed by atoms with Crippen LogP contribution in [0.5, 0.6) is 0 Å². The molecule has 2 heterocycles. The number of hydrogen-bond donors (Lipinski definition) is 2. The number of ether oxygens (including phenoxy) is 1. The molecule has 184 valence electrons. The summed E-state index contributed by atoms with van der Waals surface area (Å²) in [7, 11) is 0. The molecule has 0 aliphatic carbocycles. The van der Waals surface area contributed by atoms with Gasteiger partial charge in [-0.15, -0.1) is 0 Å². The van der Waals surface area contributed by atoms with E-state index < -0.39 is 23.4 Å². The third kappa shape index (κ3) is 6.05. The van der Waals surface area contributed by atoms with Crippen LogP contribution in [-0.4, -0.2) is 32.4 Å². The number of nitrogens with zero attached hydrogens (tertiary/aromatic N) is 3. The van der Waals surface area contributed by atoms with Crippen LogP contribution in [0.15, 0.2) is 73.2 Å². The summed E-state index contributed by atoms with van der Waals surface area (Å²) in [4.78, 5) is 28.9. The van der Waals surface area contributed by atoms with Crippen molar-refractivity contribution in [2.75, 3.05) is 10.6 Å². The molecule has 0 saturated heterocycles. The fourth-order valence-corrected chi connectivity index (χ4v) is 3.46. The molecule has 0 aliphatic rings. The maximum absolute atomic E-state index is 14.8. The number of pyridine rings is 1. The lowest BCUT2D eigenvalue weighted by Crippen LogP contribution is -2.27. The zero-order valence-electron chi connectivity index (χ0n) is 19.8. The first-order valence-corrected chi connectivity index (χ1v) is 11.3. The molecule has 10 heteroatoms. The van der Waals surface area contributed by atoms with Crippen LogP contribution < -0.4 is 10.6 Å². The second kappa shape index (κ2) is 10.2. The molecule has 0 atom stereocenters. The van der Waals surface area contributed by atoms with Crippen LogP contribution in [0.3, 0.4) is 0 Å². The normalized spacial score (nSPS) is 11.1. The Balaban J connectivity index is 1.49. The number of rotatable bonds is 5. The quantitative estimate of drug-likeness (QED) is 0.329. The lowest BCUT2D eigenvalue weighted by atomic mass is 10.1. The van der Waals surface area contributed by atoms with Crippen LogP contribution in [0.2, 0.25) is 5.02 Å². The summed E-state index contributed by atoms with van der Waals surface area (Å²) >= 11 is 6.17. The maximum atomic E-state index is 14.8. The van der Waals surface area contributed by atoms with Crippen molar-refractivity contribution in [3.63, 3.8) is 0 Å². The standard InChI is InChI=1S/C26H23ClFN5O3/c1-26(2,3)36-25(35)31-18-9-10-21(27)20(12-18)24(34)32-23-22(28)11-16(13-29-23)17-14-30-33(15-17)19-7-5-4-6-8-19/h4-15H,1-3H3,(H,31,35)(H,29,32,34). The number of benzene rings is 2. The summed E-state index contributed by atoms with van der Waals surface area (Å²) in [6.45, 7) is 5.19. The van der Waals surface area contributed by atoms with Crippen LogP contribution in [0.25, 0.3) is 16.8 Å². The minimum atomic E-state index is -0.729. The van der Waals surface area contributed by atoms with Gasteiger partial charge in [-0.2, -0.15) is 5.10 Å². The molecule has 0 radical (unpaired) electrons. The van der Waals surface area contributed by atoms with Crippen LogP contribution in [-0.2, 0) is 4.74 Å². The third-order valence-corrected chi connectivity index (χ3v) is 5.20. The fraction of sp³-hybridized carbons (Fsp3) is 0.154. The average molecular weight is 508 g/mol. The molecule has 0 aliphatic heterocycles. The Morgan fingerprint density at radius 1 is 1.00 bits per heavy atom. The molecule has 2 aromatic carbocycles.